The third-order valence-corrected chi connectivity index (χ3v) is 3.30. The second-order valence-electron chi connectivity index (χ2n) is 4.12. The van der Waals surface area contributed by atoms with Crippen LogP contribution in [0.3, 0.4) is 0 Å². The molecule has 1 aliphatic rings. The van der Waals surface area contributed by atoms with E-state index in [2.05, 4.69) is 20.9 Å². The lowest BCUT2D eigenvalue weighted by molar-refractivity contribution is 0.0674. The van der Waals surface area contributed by atoms with Gasteiger partial charge in [0.1, 0.15) is 11.6 Å². The lowest BCUT2D eigenvalue weighted by atomic mass is 10.2. The molecule has 2 rings (SSSR count). The van der Waals surface area contributed by atoms with E-state index in [1.807, 2.05) is 4.90 Å². The maximum Gasteiger partial charge on any atom is 0.191 e. The Bertz CT molecular complexity index is 473. The summed E-state index contributed by atoms with van der Waals surface area (Å²) < 4.78 is 32.7. The van der Waals surface area contributed by atoms with Gasteiger partial charge in [-0.2, -0.15) is 0 Å². The van der Waals surface area contributed by atoms with Crippen LogP contribution in [-0.4, -0.2) is 37.2 Å². The predicted octanol–water partition coefficient (Wildman–Crippen LogP) is 2.49. The number of hydrogen-bond donors (Lipinski definition) is 1. The second kappa shape index (κ2) is 8.08. The van der Waals surface area contributed by atoms with Crippen LogP contribution in [0, 0.1) is 11.6 Å². The fourth-order valence-electron chi connectivity index (χ4n) is 1.78. The Morgan fingerprint density at radius 2 is 1.85 bits per heavy atom. The van der Waals surface area contributed by atoms with E-state index >= 15 is 0 Å². The predicted molar refractivity (Wildman–Crippen MR) is 87.2 cm³/mol. The molecule has 4 nitrogen and oxygen atoms in total. The molecule has 0 aliphatic carbocycles. The molecular weight excluding hydrogens is 447 g/mol. The van der Waals surface area contributed by atoms with Crippen LogP contribution in [0.25, 0.3) is 0 Å². The molecule has 1 saturated heterocycles. The molecule has 0 spiro atoms. The van der Waals surface area contributed by atoms with Crippen molar-refractivity contribution in [2.24, 2.45) is 10.7 Å². The van der Waals surface area contributed by atoms with Crippen molar-refractivity contribution in [1.82, 2.24) is 4.90 Å². The Balaban J connectivity index is 0.00000200. The zero-order chi connectivity index (χ0) is 13.8. The Kier molecular flexibility index (Phi) is 7.10. The first-order valence-corrected chi connectivity index (χ1v) is 6.63. The molecule has 1 aliphatic heterocycles. The third-order valence-electron chi connectivity index (χ3n) is 2.84. The largest absolute Gasteiger partial charge is 0.378 e. The van der Waals surface area contributed by atoms with Gasteiger partial charge in [0.25, 0.3) is 0 Å². The number of morpholine rings is 1. The summed E-state index contributed by atoms with van der Waals surface area (Å²) in [5.41, 5.74) is 5.71. The van der Waals surface area contributed by atoms with Crippen molar-refractivity contribution in [2.45, 2.75) is 6.54 Å². The van der Waals surface area contributed by atoms with Crippen LogP contribution in [0.15, 0.2) is 21.6 Å². The quantitative estimate of drug-likeness (QED) is 0.418. The smallest absolute Gasteiger partial charge is 0.191 e. The fourth-order valence-corrected chi connectivity index (χ4v) is 2.18. The third kappa shape index (κ3) is 4.52. The average Bonchev–Trinajstić information content (AvgIpc) is 2.38. The summed E-state index contributed by atoms with van der Waals surface area (Å²) in [5, 5.41) is 0. The Morgan fingerprint density at radius 3 is 2.40 bits per heavy atom. The zero-order valence-corrected chi connectivity index (χ0v) is 14.5. The van der Waals surface area contributed by atoms with E-state index in [4.69, 9.17) is 10.5 Å². The van der Waals surface area contributed by atoms with Gasteiger partial charge in [-0.05, 0) is 12.1 Å². The molecule has 1 aromatic carbocycles. The average molecular weight is 462 g/mol. The van der Waals surface area contributed by atoms with E-state index in [0.29, 0.717) is 30.8 Å². The van der Waals surface area contributed by atoms with Gasteiger partial charge in [0.15, 0.2) is 5.96 Å². The van der Waals surface area contributed by atoms with E-state index in [9.17, 15) is 8.78 Å². The first-order chi connectivity index (χ1) is 9.08. The summed E-state index contributed by atoms with van der Waals surface area (Å²) in [6, 6.07) is 2.41. The van der Waals surface area contributed by atoms with Crippen LogP contribution in [0.1, 0.15) is 5.56 Å². The number of guanidine groups is 1. The Labute approximate surface area is 141 Å². The molecule has 0 unspecified atom stereocenters. The number of aliphatic imine (C=N–C) groups is 1. The molecule has 20 heavy (non-hydrogen) atoms. The number of hydrogen-bond acceptors (Lipinski definition) is 2. The highest BCUT2D eigenvalue weighted by atomic mass is 127. The zero-order valence-electron chi connectivity index (χ0n) is 10.6. The lowest BCUT2D eigenvalue weighted by Gasteiger charge is -2.27. The van der Waals surface area contributed by atoms with Crippen LogP contribution >= 0.6 is 39.9 Å². The molecular formula is C12H15BrF2IN3O. The maximum absolute atomic E-state index is 13.6. The van der Waals surface area contributed by atoms with Crippen molar-refractivity contribution in [3.8, 4) is 0 Å². The topological polar surface area (TPSA) is 50.8 Å². The highest BCUT2D eigenvalue weighted by Gasteiger charge is 2.14. The van der Waals surface area contributed by atoms with Crippen LogP contribution < -0.4 is 5.73 Å². The highest BCUT2D eigenvalue weighted by Crippen LogP contribution is 2.20. The molecule has 1 aromatic rings. The van der Waals surface area contributed by atoms with Crippen molar-refractivity contribution >= 4 is 45.9 Å². The van der Waals surface area contributed by atoms with Gasteiger partial charge in [-0.1, -0.05) is 15.9 Å². The maximum atomic E-state index is 13.6. The summed E-state index contributed by atoms with van der Waals surface area (Å²) >= 11 is 3.03. The number of benzene rings is 1. The van der Waals surface area contributed by atoms with Crippen molar-refractivity contribution in [3.63, 3.8) is 0 Å². The first-order valence-electron chi connectivity index (χ1n) is 5.84. The van der Waals surface area contributed by atoms with Gasteiger partial charge in [0.2, 0.25) is 0 Å². The molecule has 0 saturated carbocycles. The molecule has 112 valence electrons. The van der Waals surface area contributed by atoms with Crippen molar-refractivity contribution < 1.29 is 13.5 Å². The molecule has 1 fully saturated rings. The van der Waals surface area contributed by atoms with E-state index in [1.165, 1.54) is 12.1 Å². The van der Waals surface area contributed by atoms with Crippen molar-refractivity contribution in [3.05, 3.63) is 33.8 Å². The first kappa shape index (κ1) is 17.6. The normalized spacial score (nSPS) is 15.9. The fraction of sp³-hybridized carbons (Fsp3) is 0.417. The van der Waals surface area contributed by atoms with Crippen LogP contribution in [0.4, 0.5) is 8.78 Å². The summed E-state index contributed by atoms with van der Waals surface area (Å²) in [6.07, 6.45) is 0. The van der Waals surface area contributed by atoms with Crippen LogP contribution in [0.5, 0.6) is 0 Å². The number of nitrogens with two attached hydrogens (primary N) is 1. The van der Waals surface area contributed by atoms with Crippen molar-refractivity contribution in [2.75, 3.05) is 26.3 Å². The monoisotopic (exact) mass is 461 g/mol. The van der Waals surface area contributed by atoms with Gasteiger partial charge in [-0.25, -0.2) is 13.8 Å². The summed E-state index contributed by atoms with van der Waals surface area (Å²) in [4.78, 5) is 5.87. The molecule has 0 aromatic heterocycles. The van der Waals surface area contributed by atoms with E-state index in [-0.39, 0.29) is 42.0 Å². The van der Waals surface area contributed by atoms with E-state index < -0.39 is 11.6 Å². The van der Waals surface area contributed by atoms with Gasteiger partial charge in [0.05, 0.1) is 19.8 Å². The van der Waals surface area contributed by atoms with Crippen molar-refractivity contribution in [1.29, 1.82) is 0 Å². The van der Waals surface area contributed by atoms with Gasteiger partial charge in [-0.15, -0.1) is 24.0 Å². The molecule has 0 bridgehead atoms. The van der Waals surface area contributed by atoms with E-state index in [1.54, 1.807) is 0 Å². The molecule has 0 amide bonds. The van der Waals surface area contributed by atoms with Gasteiger partial charge in [0, 0.05) is 23.1 Å². The Hall–Kier alpha value is -0.480. The molecule has 2 N–H and O–H groups in total. The number of halogens is 4. The van der Waals surface area contributed by atoms with Crippen LogP contribution in [0.2, 0.25) is 0 Å². The lowest BCUT2D eigenvalue weighted by Crippen LogP contribution is -2.44. The van der Waals surface area contributed by atoms with Crippen LogP contribution in [-0.2, 0) is 11.3 Å². The molecule has 0 atom stereocenters. The minimum absolute atomic E-state index is 0. The molecule has 1 heterocycles. The minimum Gasteiger partial charge on any atom is -0.378 e. The molecule has 0 radical (unpaired) electrons. The van der Waals surface area contributed by atoms with Gasteiger partial charge < -0.3 is 15.4 Å². The van der Waals surface area contributed by atoms with Gasteiger partial charge in [-0.3, -0.25) is 0 Å². The number of nitrogens with zero attached hydrogens (tertiary/aromatic N) is 2. The molecule has 8 heteroatoms. The Morgan fingerprint density at radius 1 is 1.30 bits per heavy atom. The highest BCUT2D eigenvalue weighted by molar-refractivity contribution is 14.0. The second-order valence-corrected chi connectivity index (χ2v) is 5.04. The summed E-state index contributed by atoms with van der Waals surface area (Å²) in [7, 11) is 0. The summed E-state index contributed by atoms with van der Waals surface area (Å²) in [6.45, 7) is 2.32. The number of ether oxygens (including phenoxy) is 1. The standard InChI is InChI=1S/C12H14BrF2N3O.HI/c13-8-5-10(14)9(11(15)6-8)7-17-12(16)18-1-3-19-4-2-18;/h5-6H,1-4,7H2,(H2,16,17);1H. The summed E-state index contributed by atoms with van der Waals surface area (Å²) in [5.74, 6) is -0.985. The SMILES string of the molecule is I.NC(=NCc1c(F)cc(Br)cc1F)N1CCOCC1. The minimum atomic E-state index is -0.634. The number of rotatable bonds is 2. The van der Waals surface area contributed by atoms with Gasteiger partial charge >= 0.3 is 0 Å². The van der Waals surface area contributed by atoms with E-state index in [0.717, 1.165) is 0 Å².